The molecule has 4 rings (SSSR count). The Morgan fingerprint density at radius 2 is 1.62 bits per heavy atom. The Labute approximate surface area is 236 Å². The highest BCUT2D eigenvalue weighted by atomic mass is 32.2. The van der Waals surface area contributed by atoms with E-state index in [1.165, 1.54) is 19.2 Å². The second kappa shape index (κ2) is 11.8. The Morgan fingerprint density at radius 1 is 0.950 bits per heavy atom. The van der Waals surface area contributed by atoms with Crippen molar-refractivity contribution in [1.29, 1.82) is 0 Å². The highest BCUT2D eigenvalue weighted by Crippen LogP contribution is 2.33. The molecule has 3 aromatic carbocycles. The molecule has 1 N–H and O–H groups in total. The van der Waals surface area contributed by atoms with Crippen molar-refractivity contribution in [2.75, 3.05) is 18.0 Å². The van der Waals surface area contributed by atoms with E-state index in [9.17, 15) is 13.2 Å². The van der Waals surface area contributed by atoms with Crippen LogP contribution >= 0.6 is 0 Å². The summed E-state index contributed by atoms with van der Waals surface area (Å²) in [6.07, 6.45) is 1.57. The van der Waals surface area contributed by atoms with Crippen molar-refractivity contribution < 1.29 is 17.9 Å². The summed E-state index contributed by atoms with van der Waals surface area (Å²) in [5.74, 6) is -0.260. The van der Waals surface area contributed by atoms with Crippen LogP contribution in [0.5, 0.6) is 5.75 Å². The molecule has 9 heteroatoms. The first-order chi connectivity index (χ1) is 19.0. The number of sulfonamides is 1. The number of ether oxygens (including phenoxy) is 1. The van der Waals surface area contributed by atoms with Crippen molar-refractivity contribution in [3.63, 3.8) is 0 Å². The Morgan fingerprint density at radius 3 is 2.30 bits per heavy atom. The number of benzene rings is 3. The molecular formula is C31H34N4O4S. The summed E-state index contributed by atoms with van der Waals surface area (Å²) in [6.45, 7) is 9.29. The standard InChI is InChI=1S/C31H34N4O4S/c1-21-11-14-27(15-12-21)40(37,38)34(29-17-22(2)13-16-30(29)39-6)20-31(36)33-32-19-26-18-24(4)35(25(26)5)28-10-8-7-9-23(28)3/h7-19H,20H2,1-6H3,(H,33,36)/b32-19-. The van der Waals surface area contributed by atoms with E-state index in [4.69, 9.17) is 4.74 Å². The number of nitrogens with zero attached hydrogens (tertiary/aromatic N) is 3. The van der Waals surface area contributed by atoms with Crippen molar-refractivity contribution in [1.82, 2.24) is 9.99 Å². The number of carbonyl (C=O) groups is 1. The first kappa shape index (κ1) is 28.6. The lowest BCUT2D eigenvalue weighted by atomic mass is 10.2. The number of aromatic nitrogens is 1. The number of para-hydroxylation sites is 1. The van der Waals surface area contributed by atoms with Gasteiger partial charge in [-0.15, -0.1) is 0 Å². The van der Waals surface area contributed by atoms with Crippen molar-refractivity contribution >= 4 is 27.8 Å². The van der Waals surface area contributed by atoms with Crippen LogP contribution in [0.4, 0.5) is 5.69 Å². The molecule has 0 bridgehead atoms. The van der Waals surface area contributed by atoms with Gasteiger partial charge in [0.1, 0.15) is 12.3 Å². The lowest BCUT2D eigenvalue weighted by molar-refractivity contribution is -0.119. The van der Waals surface area contributed by atoms with Gasteiger partial charge in [-0.1, -0.05) is 42.0 Å². The summed E-state index contributed by atoms with van der Waals surface area (Å²) in [7, 11) is -2.64. The predicted octanol–water partition coefficient (Wildman–Crippen LogP) is 5.37. The van der Waals surface area contributed by atoms with Gasteiger partial charge >= 0.3 is 0 Å². The Balaban J connectivity index is 1.61. The molecule has 0 saturated carbocycles. The summed E-state index contributed by atoms with van der Waals surface area (Å²) >= 11 is 0. The van der Waals surface area contributed by atoms with E-state index in [2.05, 4.69) is 34.2 Å². The Hall–Kier alpha value is -4.37. The molecule has 0 spiro atoms. The van der Waals surface area contributed by atoms with E-state index < -0.39 is 22.5 Å². The van der Waals surface area contributed by atoms with Gasteiger partial charge < -0.3 is 9.30 Å². The second-order valence-corrected chi connectivity index (χ2v) is 11.6. The summed E-state index contributed by atoms with van der Waals surface area (Å²) in [6, 6.07) is 21.8. The molecule has 4 aromatic rings. The lowest BCUT2D eigenvalue weighted by Crippen LogP contribution is -2.39. The summed E-state index contributed by atoms with van der Waals surface area (Å²) in [5.41, 5.74) is 9.56. The molecule has 0 saturated heterocycles. The second-order valence-electron chi connectivity index (χ2n) is 9.74. The average molecular weight is 559 g/mol. The molecule has 0 aliphatic heterocycles. The summed E-state index contributed by atoms with van der Waals surface area (Å²) in [5, 5.41) is 4.16. The highest BCUT2D eigenvalue weighted by molar-refractivity contribution is 7.92. The van der Waals surface area contributed by atoms with Crippen molar-refractivity contribution in [3.8, 4) is 11.4 Å². The van der Waals surface area contributed by atoms with Crippen molar-refractivity contribution in [2.45, 2.75) is 39.5 Å². The van der Waals surface area contributed by atoms with Gasteiger partial charge in [-0.2, -0.15) is 5.10 Å². The van der Waals surface area contributed by atoms with Crippen LogP contribution in [-0.2, 0) is 14.8 Å². The molecule has 0 aliphatic rings. The van der Waals surface area contributed by atoms with Gasteiger partial charge in [-0.25, -0.2) is 13.8 Å². The van der Waals surface area contributed by atoms with Gasteiger partial charge in [-0.05, 0) is 82.1 Å². The normalized spacial score (nSPS) is 11.6. The van der Waals surface area contributed by atoms with Crippen LogP contribution in [0, 0.1) is 34.6 Å². The molecule has 1 amide bonds. The molecular weight excluding hydrogens is 524 g/mol. The van der Waals surface area contributed by atoms with Gasteiger partial charge in [-0.3, -0.25) is 9.10 Å². The first-order valence-corrected chi connectivity index (χ1v) is 14.3. The Bertz CT molecular complexity index is 1670. The third-order valence-corrected chi connectivity index (χ3v) is 8.49. The first-order valence-electron chi connectivity index (χ1n) is 12.8. The monoisotopic (exact) mass is 558 g/mol. The highest BCUT2D eigenvalue weighted by Gasteiger charge is 2.29. The summed E-state index contributed by atoms with van der Waals surface area (Å²) < 4.78 is 36.1. The van der Waals surface area contributed by atoms with E-state index in [-0.39, 0.29) is 10.6 Å². The molecule has 1 heterocycles. The molecule has 1 aromatic heterocycles. The zero-order valence-electron chi connectivity index (χ0n) is 23.6. The SMILES string of the molecule is COc1ccc(C)cc1N(CC(=O)N/N=C\c1cc(C)n(-c2ccccc2C)c1C)S(=O)(=O)c1ccc(C)cc1. The number of nitrogens with one attached hydrogen (secondary N) is 1. The fourth-order valence-electron chi connectivity index (χ4n) is 4.57. The molecule has 0 aliphatic carbocycles. The van der Waals surface area contributed by atoms with Crippen LogP contribution in [0.15, 0.2) is 82.8 Å². The van der Waals surface area contributed by atoms with E-state index in [1.54, 1.807) is 30.5 Å². The number of hydrogen-bond acceptors (Lipinski definition) is 5. The van der Waals surface area contributed by atoms with Crippen LogP contribution in [0.2, 0.25) is 0 Å². The number of anilines is 1. The zero-order chi connectivity index (χ0) is 29.0. The Kier molecular flexibility index (Phi) is 8.44. The van der Waals surface area contributed by atoms with Gasteiger partial charge in [0.05, 0.1) is 23.9 Å². The topological polar surface area (TPSA) is 93.0 Å². The molecule has 208 valence electrons. The van der Waals surface area contributed by atoms with Crippen LogP contribution in [0.1, 0.15) is 33.6 Å². The minimum absolute atomic E-state index is 0.0709. The molecule has 40 heavy (non-hydrogen) atoms. The number of hydrogen-bond donors (Lipinski definition) is 1. The maximum atomic E-state index is 13.8. The fraction of sp³-hybridized carbons (Fsp3) is 0.226. The molecule has 0 unspecified atom stereocenters. The minimum atomic E-state index is -4.10. The molecule has 0 radical (unpaired) electrons. The summed E-state index contributed by atoms with van der Waals surface area (Å²) in [4.78, 5) is 13.2. The number of amides is 1. The van der Waals surface area contributed by atoms with E-state index in [0.29, 0.717) is 5.75 Å². The van der Waals surface area contributed by atoms with E-state index in [1.807, 2.05) is 52.0 Å². The maximum Gasteiger partial charge on any atom is 0.264 e. The average Bonchev–Trinajstić information content (AvgIpc) is 3.20. The lowest BCUT2D eigenvalue weighted by Gasteiger charge is -2.25. The van der Waals surface area contributed by atoms with Crippen LogP contribution < -0.4 is 14.5 Å². The number of carbonyl (C=O) groups excluding carboxylic acids is 1. The zero-order valence-corrected chi connectivity index (χ0v) is 24.4. The predicted molar refractivity (Wildman–Crippen MR) is 159 cm³/mol. The molecule has 8 nitrogen and oxygen atoms in total. The van der Waals surface area contributed by atoms with E-state index >= 15 is 0 Å². The van der Waals surface area contributed by atoms with Gasteiger partial charge in [0.25, 0.3) is 15.9 Å². The maximum absolute atomic E-state index is 13.8. The van der Waals surface area contributed by atoms with E-state index in [0.717, 1.165) is 43.6 Å². The third-order valence-electron chi connectivity index (χ3n) is 6.72. The molecule has 0 fully saturated rings. The van der Waals surface area contributed by atoms with Crippen LogP contribution in [0.25, 0.3) is 5.69 Å². The van der Waals surface area contributed by atoms with Crippen molar-refractivity contribution in [2.24, 2.45) is 5.10 Å². The number of rotatable bonds is 9. The van der Waals surface area contributed by atoms with Gasteiger partial charge in [0, 0.05) is 22.6 Å². The fourth-order valence-corrected chi connectivity index (χ4v) is 6.00. The molecule has 0 atom stereocenters. The van der Waals surface area contributed by atoms with Gasteiger partial charge in [0.2, 0.25) is 0 Å². The quantitative estimate of drug-likeness (QED) is 0.221. The van der Waals surface area contributed by atoms with Crippen LogP contribution in [-0.4, -0.2) is 38.8 Å². The minimum Gasteiger partial charge on any atom is -0.495 e. The number of hydrazone groups is 1. The van der Waals surface area contributed by atoms with Crippen molar-refractivity contribution in [3.05, 3.63) is 106 Å². The largest absolute Gasteiger partial charge is 0.495 e. The van der Waals surface area contributed by atoms with Gasteiger partial charge in [0.15, 0.2) is 0 Å². The number of aryl methyl sites for hydroxylation is 4. The van der Waals surface area contributed by atoms with Crippen LogP contribution in [0.3, 0.4) is 0 Å². The smallest absolute Gasteiger partial charge is 0.264 e. The third kappa shape index (κ3) is 5.94. The number of methoxy groups -OCH3 is 1.